The molecule has 0 unspecified atom stereocenters. The number of rotatable bonds is 2. The van der Waals surface area contributed by atoms with Gasteiger partial charge in [-0.3, -0.25) is 0 Å². The first kappa shape index (κ1) is 23.2. The summed E-state index contributed by atoms with van der Waals surface area (Å²) in [4.78, 5) is 0. The molecular formula is C40H24N2S. The highest BCUT2D eigenvalue weighted by Gasteiger charge is 2.21. The molecule has 0 radical (unpaired) electrons. The second-order valence-electron chi connectivity index (χ2n) is 11.3. The number of aromatic nitrogens is 2. The average Bonchev–Trinajstić information content (AvgIpc) is 3.72. The van der Waals surface area contributed by atoms with Crippen molar-refractivity contribution in [1.82, 2.24) is 9.13 Å². The molecule has 7 aromatic carbocycles. The fourth-order valence-corrected chi connectivity index (χ4v) is 8.44. The van der Waals surface area contributed by atoms with E-state index in [1.807, 2.05) is 11.3 Å². The van der Waals surface area contributed by atoms with Crippen molar-refractivity contribution >= 4 is 85.9 Å². The predicted octanol–water partition coefficient (Wildman–Crippen LogP) is 11.4. The zero-order valence-electron chi connectivity index (χ0n) is 23.2. The molecule has 0 amide bonds. The Morgan fingerprint density at radius 1 is 0.372 bits per heavy atom. The number of thiophene rings is 1. The van der Waals surface area contributed by atoms with Gasteiger partial charge in [0, 0.05) is 58.5 Å². The van der Waals surface area contributed by atoms with Crippen LogP contribution in [0, 0.1) is 0 Å². The topological polar surface area (TPSA) is 9.86 Å². The van der Waals surface area contributed by atoms with Gasteiger partial charge in [-0.05, 0) is 53.9 Å². The molecule has 0 aliphatic rings. The molecular weight excluding hydrogens is 541 g/mol. The van der Waals surface area contributed by atoms with E-state index in [0.717, 1.165) is 0 Å². The summed E-state index contributed by atoms with van der Waals surface area (Å²) < 4.78 is 7.57. The smallest absolute Gasteiger partial charge is 0.0626 e. The summed E-state index contributed by atoms with van der Waals surface area (Å²) in [5.74, 6) is 0. The lowest BCUT2D eigenvalue weighted by Gasteiger charge is -2.12. The van der Waals surface area contributed by atoms with Crippen molar-refractivity contribution in [3.05, 3.63) is 146 Å². The average molecular weight is 565 g/mol. The van der Waals surface area contributed by atoms with Gasteiger partial charge in [0.05, 0.1) is 22.1 Å². The second-order valence-corrected chi connectivity index (χ2v) is 12.4. The van der Waals surface area contributed by atoms with E-state index in [2.05, 4.69) is 155 Å². The van der Waals surface area contributed by atoms with E-state index in [0.29, 0.717) is 0 Å². The minimum atomic E-state index is 1.18. The molecule has 2 nitrogen and oxygen atoms in total. The van der Waals surface area contributed by atoms with E-state index in [1.165, 1.54) is 85.9 Å². The molecule has 3 heterocycles. The highest BCUT2D eigenvalue weighted by atomic mass is 32.1. The maximum atomic E-state index is 2.50. The lowest BCUT2D eigenvalue weighted by molar-refractivity contribution is 1.18. The van der Waals surface area contributed by atoms with Crippen molar-refractivity contribution in [2.75, 3.05) is 0 Å². The molecule has 0 aliphatic heterocycles. The third-order valence-corrected chi connectivity index (χ3v) is 10.2. The van der Waals surface area contributed by atoms with Gasteiger partial charge in [0.1, 0.15) is 0 Å². The molecule has 0 N–H and O–H groups in total. The molecule has 0 atom stereocenters. The van der Waals surface area contributed by atoms with Gasteiger partial charge in [-0.2, -0.15) is 0 Å². The molecule has 43 heavy (non-hydrogen) atoms. The first-order valence-electron chi connectivity index (χ1n) is 14.7. The van der Waals surface area contributed by atoms with Crippen molar-refractivity contribution < 1.29 is 0 Å². The lowest BCUT2D eigenvalue weighted by Crippen LogP contribution is -1.95. The van der Waals surface area contributed by atoms with E-state index in [9.17, 15) is 0 Å². The third-order valence-electron chi connectivity index (χ3n) is 9.09. The number of para-hydroxylation sites is 3. The van der Waals surface area contributed by atoms with Crippen LogP contribution in [-0.4, -0.2) is 9.13 Å². The fraction of sp³-hybridized carbons (Fsp3) is 0. The molecule has 0 bridgehead atoms. The van der Waals surface area contributed by atoms with Crippen LogP contribution >= 0.6 is 11.3 Å². The second kappa shape index (κ2) is 8.57. The summed E-state index contributed by atoms with van der Waals surface area (Å²) in [5.41, 5.74) is 7.32. The summed E-state index contributed by atoms with van der Waals surface area (Å²) in [6.07, 6.45) is 0. The summed E-state index contributed by atoms with van der Waals surface area (Å²) in [5, 5.41) is 10.3. The summed E-state index contributed by atoms with van der Waals surface area (Å²) in [7, 11) is 0. The Bertz CT molecular complexity index is 2720. The number of benzene rings is 7. The van der Waals surface area contributed by atoms with Crippen LogP contribution in [0.25, 0.3) is 85.9 Å². The van der Waals surface area contributed by atoms with Gasteiger partial charge < -0.3 is 9.13 Å². The number of fused-ring (bicyclic) bond motifs is 12. The Kier molecular flexibility index (Phi) is 4.63. The number of nitrogens with zero attached hydrogens (tertiary/aromatic N) is 2. The maximum absolute atomic E-state index is 2.50. The van der Waals surface area contributed by atoms with E-state index in [4.69, 9.17) is 0 Å². The molecule has 0 aliphatic carbocycles. The van der Waals surface area contributed by atoms with Gasteiger partial charge in [-0.15, -0.1) is 11.3 Å². The number of hydrogen-bond acceptors (Lipinski definition) is 1. The van der Waals surface area contributed by atoms with Gasteiger partial charge in [0.15, 0.2) is 0 Å². The fourth-order valence-electron chi connectivity index (χ4n) is 7.30. The van der Waals surface area contributed by atoms with Crippen molar-refractivity contribution in [2.24, 2.45) is 0 Å². The van der Waals surface area contributed by atoms with Gasteiger partial charge in [-0.25, -0.2) is 0 Å². The molecule has 0 spiro atoms. The largest absolute Gasteiger partial charge is 0.309 e. The maximum Gasteiger partial charge on any atom is 0.0626 e. The van der Waals surface area contributed by atoms with Crippen molar-refractivity contribution in [2.45, 2.75) is 0 Å². The van der Waals surface area contributed by atoms with E-state index in [-0.39, 0.29) is 0 Å². The lowest BCUT2D eigenvalue weighted by atomic mass is 10.0. The predicted molar refractivity (Wildman–Crippen MR) is 186 cm³/mol. The first-order valence-corrected chi connectivity index (χ1v) is 15.5. The van der Waals surface area contributed by atoms with Crippen LogP contribution in [0.4, 0.5) is 0 Å². The van der Waals surface area contributed by atoms with Crippen LogP contribution in [0.3, 0.4) is 0 Å². The van der Waals surface area contributed by atoms with Crippen molar-refractivity contribution in [3.63, 3.8) is 0 Å². The molecule has 0 fully saturated rings. The highest BCUT2D eigenvalue weighted by Crippen LogP contribution is 2.44. The van der Waals surface area contributed by atoms with Gasteiger partial charge in [0.2, 0.25) is 0 Å². The minimum Gasteiger partial charge on any atom is -0.309 e. The molecule has 10 aromatic rings. The highest BCUT2D eigenvalue weighted by molar-refractivity contribution is 7.25. The van der Waals surface area contributed by atoms with Crippen LogP contribution in [0.1, 0.15) is 0 Å². The first-order chi connectivity index (χ1) is 21.3. The van der Waals surface area contributed by atoms with Crippen LogP contribution in [0.2, 0.25) is 0 Å². The minimum absolute atomic E-state index is 1.18. The Morgan fingerprint density at radius 2 is 1.02 bits per heavy atom. The zero-order valence-corrected chi connectivity index (χ0v) is 24.0. The Balaban J connectivity index is 1.42. The van der Waals surface area contributed by atoms with Gasteiger partial charge >= 0.3 is 0 Å². The van der Waals surface area contributed by atoms with E-state index >= 15 is 0 Å². The summed E-state index contributed by atoms with van der Waals surface area (Å²) in [6.45, 7) is 0. The molecule has 3 aromatic heterocycles. The molecule has 200 valence electrons. The zero-order chi connectivity index (χ0) is 28.1. The molecule has 10 rings (SSSR count). The third kappa shape index (κ3) is 3.12. The van der Waals surface area contributed by atoms with E-state index < -0.39 is 0 Å². The Morgan fingerprint density at radius 3 is 1.88 bits per heavy atom. The molecule has 0 saturated heterocycles. The normalized spacial score (nSPS) is 12.2. The van der Waals surface area contributed by atoms with Crippen LogP contribution in [0.5, 0.6) is 0 Å². The van der Waals surface area contributed by atoms with Crippen LogP contribution < -0.4 is 0 Å². The standard InChI is InChI=1S/C40H24N2S/c1-2-10-26(11-3-1)41-34-16-8-5-14-32(34)39-35(41)23-19-25-18-21-31-28-12-4-7-15-33(28)42(40(31)38(25)39)27-20-22-30-29-13-6-9-17-36(29)43-37(30)24-27/h1-24H. The van der Waals surface area contributed by atoms with Crippen molar-refractivity contribution in [1.29, 1.82) is 0 Å². The number of hydrogen-bond donors (Lipinski definition) is 0. The van der Waals surface area contributed by atoms with Crippen LogP contribution in [0.15, 0.2) is 146 Å². The quantitative estimate of drug-likeness (QED) is 0.198. The van der Waals surface area contributed by atoms with E-state index in [1.54, 1.807) is 0 Å². The molecule has 3 heteroatoms. The SMILES string of the molecule is c1ccc(-n2c3ccccc3c3c4c(ccc5c6ccccc6n(-c6ccc7c(c6)sc6ccccc67)c54)ccc32)cc1. The van der Waals surface area contributed by atoms with Crippen LogP contribution in [-0.2, 0) is 0 Å². The molecule has 0 saturated carbocycles. The summed E-state index contributed by atoms with van der Waals surface area (Å²) >= 11 is 1.88. The monoisotopic (exact) mass is 564 g/mol. The van der Waals surface area contributed by atoms with Crippen molar-refractivity contribution in [3.8, 4) is 11.4 Å². The summed E-state index contributed by atoms with van der Waals surface area (Å²) in [6, 6.07) is 53.4. The Hall–Kier alpha value is -5.38. The van der Waals surface area contributed by atoms with Gasteiger partial charge in [-0.1, -0.05) is 97.1 Å². The van der Waals surface area contributed by atoms with Gasteiger partial charge in [0.25, 0.3) is 0 Å². The Labute approximate surface area is 251 Å².